The molecule has 0 radical (unpaired) electrons. The molecule has 0 heterocycles. The zero-order valence-electron chi connectivity index (χ0n) is 12.7. The molecule has 2 unspecified atom stereocenters. The predicted octanol–water partition coefficient (Wildman–Crippen LogP) is 3.07. The minimum Gasteiger partial charge on any atom is -0.492 e. The van der Waals surface area contributed by atoms with Crippen LogP contribution in [-0.4, -0.2) is 29.6 Å². The highest BCUT2D eigenvalue weighted by Crippen LogP contribution is 2.30. The standard InChI is InChI=1S/C16H24N2O2S/c1-3-20-15-8-5-11(9-14(15)17)16(19)18-12-6-7-13(10-12)21-4-2/h5,8-9,12-13H,3-4,6-7,10,17H2,1-2H3,(H,18,19). The van der Waals surface area contributed by atoms with Crippen LogP contribution in [-0.2, 0) is 0 Å². The minimum absolute atomic E-state index is 0.0445. The number of benzene rings is 1. The second-order valence-corrected chi connectivity index (χ2v) is 6.82. The highest BCUT2D eigenvalue weighted by atomic mass is 32.2. The van der Waals surface area contributed by atoms with Crippen molar-refractivity contribution in [3.63, 3.8) is 0 Å². The maximum Gasteiger partial charge on any atom is 0.251 e. The van der Waals surface area contributed by atoms with Gasteiger partial charge in [-0.3, -0.25) is 4.79 Å². The van der Waals surface area contributed by atoms with Gasteiger partial charge in [0.15, 0.2) is 0 Å². The van der Waals surface area contributed by atoms with Gasteiger partial charge >= 0.3 is 0 Å². The van der Waals surface area contributed by atoms with Gasteiger partial charge in [-0.15, -0.1) is 0 Å². The third-order valence-electron chi connectivity index (χ3n) is 3.69. The Hall–Kier alpha value is -1.36. The molecule has 116 valence electrons. The smallest absolute Gasteiger partial charge is 0.251 e. The molecule has 1 aliphatic carbocycles. The van der Waals surface area contributed by atoms with Gasteiger partial charge in [-0.2, -0.15) is 11.8 Å². The highest BCUT2D eigenvalue weighted by Gasteiger charge is 2.26. The van der Waals surface area contributed by atoms with Gasteiger partial charge in [-0.05, 0) is 50.1 Å². The number of hydrogen-bond acceptors (Lipinski definition) is 4. The zero-order chi connectivity index (χ0) is 15.2. The molecular formula is C16H24N2O2S. The number of nitrogen functional groups attached to an aromatic ring is 1. The summed E-state index contributed by atoms with van der Waals surface area (Å²) in [6.45, 7) is 4.65. The number of hydrogen-bond donors (Lipinski definition) is 2. The molecule has 2 rings (SSSR count). The molecule has 4 nitrogen and oxygen atoms in total. The predicted molar refractivity (Wildman–Crippen MR) is 89.0 cm³/mol. The number of rotatable bonds is 6. The first-order valence-corrected chi connectivity index (χ1v) is 8.63. The Morgan fingerprint density at radius 2 is 2.24 bits per heavy atom. The second-order valence-electron chi connectivity index (χ2n) is 5.25. The van der Waals surface area contributed by atoms with Crippen molar-refractivity contribution in [1.82, 2.24) is 5.32 Å². The third-order valence-corrected chi connectivity index (χ3v) is 4.93. The number of anilines is 1. The van der Waals surface area contributed by atoms with E-state index in [4.69, 9.17) is 10.5 Å². The third kappa shape index (κ3) is 4.30. The fraction of sp³-hybridized carbons (Fsp3) is 0.562. The van der Waals surface area contributed by atoms with Crippen molar-refractivity contribution in [3.05, 3.63) is 23.8 Å². The number of ether oxygens (including phenoxy) is 1. The summed E-state index contributed by atoms with van der Waals surface area (Å²) in [5.41, 5.74) is 7.02. The summed E-state index contributed by atoms with van der Waals surface area (Å²) in [7, 11) is 0. The van der Waals surface area contributed by atoms with Crippen LogP contribution in [0.2, 0.25) is 0 Å². The van der Waals surface area contributed by atoms with Crippen molar-refractivity contribution in [2.75, 3.05) is 18.1 Å². The van der Waals surface area contributed by atoms with Gasteiger partial charge in [0.25, 0.3) is 5.91 Å². The van der Waals surface area contributed by atoms with Crippen molar-refractivity contribution in [1.29, 1.82) is 0 Å². The summed E-state index contributed by atoms with van der Waals surface area (Å²) >= 11 is 1.99. The van der Waals surface area contributed by atoms with E-state index in [2.05, 4.69) is 12.2 Å². The number of thioether (sulfide) groups is 1. The van der Waals surface area contributed by atoms with E-state index in [1.807, 2.05) is 18.7 Å². The van der Waals surface area contributed by atoms with Gasteiger partial charge in [0.05, 0.1) is 12.3 Å². The molecule has 0 spiro atoms. The van der Waals surface area contributed by atoms with E-state index in [1.165, 1.54) is 6.42 Å². The van der Waals surface area contributed by atoms with Crippen LogP contribution in [0.25, 0.3) is 0 Å². The maximum atomic E-state index is 12.3. The molecule has 0 saturated heterocycles. The van der Waals surface area contributed by atoms with E-state index in [9.17, 15) is 4.79 Å². The van der Waals surface area contributed by atoms with Crippen molar-refractivity contribution in [2.45, 2.75) is 44.4 Å². The molecule has 0 bridgehead atoms. The summed E-state index contributed by atoms with van der Waals surface area (Å²) in [5, 5.41) is 3.80. The average Bonchev–Trinajstić information content (AvgIpc) is 2.89. The number of amides is 1. The van der Waals surface area contributed by atoms with E-state index in [1.54, 1.807) is 18.2 Å². The Morgan fingerprint density at radius 1 is 1.43 bits per heavy atom. The molecule has 0 aromatic heterocycles. The van der Waals surface area contributed by atoms with Gasteiger partial charge in [-0.25, -0.2) is 0 Å². The average molecular weight is 308 g/mol. The zero-order valence-corrected chi connectivity index (χ0v) is 13.5. The Morgan fingerprint density at radius 3 is 2.90 bits per heavy atom. The molecule has 1 fully saturated rings. The number of carbonyl (C=O) groups excluding carboxylic acids is 1. The van der Waals surface area contributed by atoms with Gasteiger partial charge in [0.2, 0.25) is 0 Å². The second kappa shape index (κ2) is 7.59. The van der Waals surface area contributed by atoms with Gasteiger partial charge in [-0.1, -0.05) is 6.92 Å². The van der Waals surface area contributed by atoms with E-state index in [-0.39, 0.29) is 11.9 Å². The fourth-order valence-corrected chi connectivity index (χ4v) is 3.85. The number of nitrogens with two attached hydrogens (primary N) is 1. The Bertz CT molecular complexity index is 493. The SMILES string of the molecule is CCOc1ccc(C(=O)NC2CCC(SCC)C2)cc1N. The number of carbonyl (C=O) groups is 1. The Kier molecular flexibility index (Phi) is 5.79. The lowest BCUT2D eigenvalue weighted by Crippen LogP contribution is -2.33. The molecule has 21 heavy (non-hydrogen) atoms. The lowest BCUT2D eigenvalue weighted by atomic mass is 10.1. The monoisotopic (exact) mass is 308 g/mol. The van der Waals surface area contributed by atoms with Crippen LogP contribution >= 0.6 is 11.8 Å². The summed E-state index contributed by atoms with van der Waals surface area (Å²) in [6.07, 6.45) is 3.32. The van der Waals surface area contributed by atoms with Crippen LogP contribution in [0.15, 0.2) is 18.2 Å². The molecule has 0 aliphatic heterocycles. The van der Waals surface area contributed by atoms with Crippen LogP contribution in [0.4, 0.5) is 5.69 Å². The topological polar surface area (TPSA) is 64.3 Å². The van der Waals surface area contributed by atoms with Crippen molar-refractivity contribution >= 4 is 23.4 Å². The largest absolute Gasteiger partial charge is 0.492 e. The number of nitrogens with one attached hydrogen (secondary N) is 1. The molecule has 5 heteroatoms. The van der Waals surface area contributed by atoms with Gasteiger partial charge in [0, 0.05) is 16.9 Å². The summed E-state index contributed by atoms with van der Waals surface area (Å²) in [5.74, 6) is 1.73. The van der Waals surface area contributed by atoms with E-state index >= 15 is 0 Å². The van der Waals surface area contributed by atoms with Crippen LogP contribution in [0.1, 0.15) is 43.5 Å². The lowest BCUT2D eigenvalue weighted by molar-refractivity contribution is 0.0938. The van der Waals surface area contributed by atoms with Crippen molar-refractivity contribution in [2.24, 2.45) is 0 Å². The fourth-order valence-electron chi connectivity index (χ4n) is 2.70. The quantitative estimate of drug-likeness (QED) is 0.793. The molecule has 1 aliphatic rings. The van der Waals surface area contributed by atoms with Crippen molar-refractivity contribution < 1.29 is 9.53 Å². The molecule has 2 atom stereocenters. The normalized spacial score (nSPS) is 21.2. The van der Waals surface area contributed by atoms with Gasteiger partial charge in [0.1, 0.15) is 5.75 Å². The lowest BCUT2D eigenvalue weighted by Gasteiger charge is -2.14. The maximum absolute atomic E-state index is 12.3. The molecule has 1 aromatic rings. The summed E-state index contributed by atoms with van der Waals surface area (Å²) in [4.78, 5) is 12.3. The van der Waals surface area contributed by atoms with Gasteiger partial charge < -0.3 is 15.8 Å². The van der Waals surface area contributed by atoms with E-state index < -0.39 is 0 Å². The molecule has 1 amide bonds. The van der Waals surface area contributed by atoms with Crippen LogP contribution in [0, 0.1) is 0 Å². The summed E-state index contributed by atoms with van der Waals surface area (Å²) in [6, 6.07) is 5.50. The van der Waals surface area contributed by atoms with Crippen LogP contribution in [0.3, 0.4) is 0 Å². The Labute approximate surface area is 130 Å². The molecular weight excluding hydrogens is 284 g/mol. The first-order chi connectivity index (χ1) is 10.1. The molecule has 1 aromatic carbocycles. The summed E-state index contributed by atoms with van der Waals surface area (Å²) < 4.78 is 5.39. The Balaban J connectivity index is 1.93. The van der Waals surface area contributed by atoms with E-state index in [0.717, 1.165) is 18.6 Å². The highest BCUT2D eigenvalue weighted by molar-refractivity contribution is 7.99. The van der Waals surface area contributed by atoms with E-state index in [0.29, 0.717) is 28.9 Å². The van der Waals surface area contributed by atoms with Crippen LogP contribution in [0.5, 0.6) is 5.75 Å². The molecule has 1 saturated carbocycles. The first kappa shape index (κ1) is 16.0. The first-order valence-electron chi connectivity index (χ1n) is 7.58. The van der Waals surface area contributed by atoms with Crippen LogP contribution < -0.4 is 15.8 Å². The minimum atomic E-state index is -0.0445. The molecule has 3 N–H and O–H groups in total. The van der Waals surface area contributed by atoms with Crippen molar-refractivity contribution in [3.8, 4) is 5.75 Å².